The summed E-state index contributed by atoms with van der Waals surface area (Å²) in [6, 6.07) is 4.63. The third-order valence-corrected chi connectivity index (χ3v) is 3.53. The van der Waals surface area contributed by atoms with Gasteiger partial charge < -0.3 is 9.72 Å². The van der Waals surface area contributed by atoms with Gasteiger partial charge in [0.25, 0.3) is 5.56 Å². The van der Waals surface area contributed by atoms with Crippen LogP contribution in [0.5, 0.6) is 5.75 Å². The molecule has 0 radical (unpaired) electrons. The number of halogens is 3. The maximum atomic E-state index is 13.0. The molecule has 2 aromatic rings. The molecule has 0 saturated carbocycles. The van der Waals surface area contributed by atoms with Crippen molar-refractivity contribution in [2.45, 2.75) is 11.3 Å². The zero-order chi connectivity index (χ0) is 17.2. The SMILES string of the molecule is COc1cc(-c2nc(SC)[nH]c(=O)c2C#N)cc(C(F)(F)F)c1. The lowest BCUT2D eigenvalue weighted by molar-refractivity contribution is -0.137. The van der Waals surface area contributed by atoms with E-state index in [9.17, 15) is 18.0 Å². The first kappa shape index (κ1) is 16.9. The van der Waals surface area contributed by atoms with E-state index in [4.69, 9.17) is 10.00 Å². The second-order valence-corrected chi connectivity index (χ2v) is 5.15. The number of nitriles is 1. The molecule has 0 spiro atoms. The van der Waals surface area contributed by atoms with Gasteiger partial charge >= 0.3 is 6.18 Å². The zero-order valence-electron chi connectivity index (χ0n) is 12.0. The van der Waals surface area contributed by atoms with E-state index in [1.807, 2.05) is 0 Å². The van der Waals surface area contributed by atoms with E-state index >= 15 is 0 Å². The first-order valence-corrected chi connectivity index (χ1v) is 7.37. The summed E-state index contributed by atoms with van der Waals surface area (Å²) in [6.07, 6.45) is -2.96. The molecular formula is C14H10F3N3O2S. The summed E-state index contributed by atoms with van der Waals surface area (Å²) in [7, 11) is 1.23. The molecule has 0 aliphatic heterocycles. The molecule has 5 nitrogen and oxygen atoms in total. The van der Waals surface area contributed by atoms with E-state index in [1.54, 1.807) is 12.3 Å². The number of hydrogen-bond acceptors (Lipinski definition) is 5. The fourth-order valence-electron chi connectivity index (χ4n) is 1.88. The molecule has 9 heteroatoms. The van der Waals surface area contributed by atoms with Gasteiger partial charge in [-0.05, 0) is 24.5 Å². The van der Waals surface area contributed by atoms with E-state index in [2.05, 4.69) is 9.97 Å². The lowest BCUT2D eigenvalue weighted by Gasteiger charge is -2.12. The van der Waals surface area contributed by atoms with Crippen LogP contribution in [0.25, 0.3) is 11.3 Å². The van der Waals surface area contributed by atoms with Crippen LogP contribution < -0.4 is 10.3 Å². The van der Waals surface area contributed by atoms with E-state index in [1.165, 1.54) is 13.2 Å². The molecule has 0 fully saturated rings. The largest absolute Gasteiger partial charge is 0.497 e. The molecule has 0 amide bonds. The molecular weight excluding hydrogens is 331 g/mol. The number of nitrogens with zero attached hydrogens (tertiary/aromatic N) is 2. The Balaban J connectivity index is 2.79. The van der Waals surface area contributed by atoms with Crippen molar-refractivity contribution in [2.75, 3.05) is 13.4 Å². The van der Waals surface area contributed by atoms with Gasteiger partial charge in [-0.15, -0.1) is 0 Å². The molecule has 1 aromatic carbocycles. The molecule has 0 saturated heterocycles. The highest BCUT2D eigenvalue weighted by atomic mass is 32.2. The maximum Gasteiger partial charge on any atom is 0.416 e. The van der Waals surface area contributed by atoms with Crippen molar-refractivity contribution in [3.8, 4) is 23.1 Å². The van der Waals surface area contributed by atoms with Crippen molar-refractivity contribution in [3.05, 3.63) is 39.7 Å². The van der Waals surface area contributed by atoms with Crippen molar-refractivity contribution >= 4 is 11.8 Å². The van der Waals surface area contributed by atoms with Gasteiger partial charge in [0, 0.05) is 5.56 Å². The molecule has 0 bridgehead atoms. The van der Waals surface area contributed by atoms with Crippen LogP contribution in [0.4, 0.5) is 13.2 Å². The quantitative estimate of drug-likeness (QED) is 0.686. The summed E-state index contributed by atoms with van der Waals surface area (Å²) in [5.74, 6) is -0.0495. The summed E-state index contributed by atoms with van der Waals surface area (Å²) in [4.78, 5) is 18.3. The monoisotopic (exact) mass is 341 g/mol. The summed E-state index contributed by atoms with van der Waals surface area (Å²) in [5, 5.41) is 9.30. The number of alkyl halides is 3. The Morgan fingerprint density at radius 3 is 2.57 bits per heavy atom. The summed E-state index contributed by atoms with van der Waals surface area (Å²) < 4.78 is 43.9. The minimum Gasteiger partial charge on any atom is -0.497 e. The number of rotatable bonds is 3. The van der Waals surface area contributed by atoms with E-state index in [-0.39, 0.29) is 27.7 Å². The fraction of sp³-hybridized carbons (Fsp3) is 0.214. The Labute approximate surface area is 133 Å². The molecule has 23 heavy (non-hydrogen) atoms. The van der Waals surface area contributed by atoms with E-state index < -0.39 is 17.3 Å². The smallest absolute Gasteiger partial charge is 0.416 e. The lowest BCUT2D eigenvalue weighted by Crippen LogP contribution is -2.15. The predicted octanol–water partition coefficient (Wildman–Crippen LogP) is 3.06. The van der Waals surface area contributed by atoms with Gasteiger partial charge in [-0.3, -0.25) is 4.79 Å². The second kappa shape index (κ2) is 6.34. The molecule has 0 atom stereocenters. The van der Waals surface area contributed by atoms with Crippen molar-refractivity contribution in [2.24, 2.45) is 0 Å². The first-order valence-electron chi connectivity index (χ1n) is 6.15. The van der Waals surface area contributed by atoms with Crippen molar-refractivity contribution < 1.29 is 17.9 Å². The first-order chi connectivity index (χ1) is 10.8. The Kier molecular flexibility index (Phi) is 4.65. The summed E-state index contributed by atoms with van der Waals surface area (Å²) >= 11 is 1.10. The molecule has 0 unspecified atom stereocenters. The summed E-state index contributed by atoms with van der Waals surface area (Å²) in [5.41, 5.74) is -2.16. The van der Waals surface area contributed by atoms with Gasteiger partial charge in [0.15, 0.2) is 5.16 Å². The van der Waals surface area contributed by atoms with Crippen LogP contribution in [0, 0.1) is 11.3 Å². The average molecular weight is 341 g/mol. The summed E-state index contributed by atoms with van der Waals surface area (Å²) in [6.45, 7) is 0. The zero-order valence-corrected chi connectivity index (χ0v) is 12.8. The molecule has 0 aliphatic carbocycles. The number of thioether (sulfide) groups is 1. The average Bonchev–Trinajstić information content (AvgIpc) is 2.52. The van der Waals surface area contributed by atoms with Gasteiger partial charge in [0.05, 0.1) is 18.4 Å². The number of aromatic amines is 1. The molecule has 0 aliphatic rings. The topological polar surface area (TPSA) is 78.8 Å². The van der Waals surface area contributed by atoms with E-state index in [0.29, 0.717) is 0 Å². The predicted molar refractivity (Wildman–Crippen MR) is 78.3 cm³/mol. The Bertz CT molecular complexity index is 841. The number of nitrogens with one attached hydrogen (secondary N) is 1. The molecule has 1 aromatic heterocycles. The minimum absolute atomic E-state index is 0.0189. The Morgan fingerprint density at radius 1 is 1.35 bits per heavy atom. The van der Waals surface area contributed by atoms with Crippen LogP contribution in [-0.4, -0.2) is 23.3 Å². The highest BCUT2D eigenvalue weighted by Gasteiger charge is 2.32. The fourth-order valence-corrected chi connectivity index (χ4v) is 2.26. The van der Waals surface area contributed by atoms with Gasteiger partial charge in [-0.25, -0.2) is 4.98 Å². The van der Waals surface area contributed by atoms with E-state index in [0.717, 1.165) is 23.9 Å². The molecule has 120 valence electrons. The standard InChI is InChI=1S/C14H10F3N3O2S/c1-22-9-4-7(3-8(5-9)14(15,16)17)11-10(6-18)12(21)20-13(19-11)23-2/h3-5H,1-2H3,(H,19,20,21). The van der Waals surface area contributed by atoms with Crippen molar-refractivity contribution in [3.63, 3.8) is 0 Å². The number of H-pyrrole nitrogens is 1. The van der Waals surface area contributed by atoms with Gasteiger partial charge in [0.1, 0.15) is 17.4 Å². The molecule has 2 rings (SSSR count). The number of ether oxygens (including phenoxy) is 1. The highest BCUT2D eigenvalue weighted by Crippen LogP contribution is 2.35. The highest BCUT2D eigenvalue weighted by molar-refractivity contribution is 7.98. The number of aromatic nitrogens is 2. The minimum atomic E-state index is -4.60. The van der Waals surface area contributed by atoms with Crippen LogP contribution in [-0.2, 0) is 6.18 Å². The van der Waals surface area contributed by atoms with Crippen LogP contribution in [0.1, 0.15) is 11.1 Å². The van der Waals surface area contributed by atoms with Crippen LogP contribution in [0.2, 0.25) is 0 Å². The van der Waals surface area contributed by atoms with Crippen molar-refractivity contribution in [1.82, 2.24) is 9.97 Å². The Hall–Kier alpha value is -2.47. The van der Waals surface area contributed by atoms with Gasteiger partial charge in [-0.1, -0.05) is 11.8 Å². The Morgan fingerprint density at radius 2 is 2.04 bits per heavy atom. The number of benzene rings is 1. The van der Waals surface area contributed by atoms with Gasteiger partial charge in [-0.2, -0.15) is 18.4 Å². The normalized spacial score (nSPS) is 11.1. The van der Waals surface area contributed by atoms with Crippen LogP contribution in [0.15, 0.2) is 28.2 Å². The van der Waals surface area contributed by atoms with Crippen LogP contribution >= 0.6 is 11.8 Å². The molecule has 1 heterocycles. The third kappa shape index (κ3) is 3.48. The van der Waals surface area contributed by atoms with Crippen molar-refractivity contribution in [1.29, 1.82) is 5.26 Å². The lowest BCUT2D eigenvalue weighted by atomic mass is 10.0. The van der Waals surface area contributed by atoms with Crippen LogP contribution in [0.3, 0.4) is 0 Å². The number of methoxy groups -OCH3 is 1. The third-order valence-electron chi connectivity index (χ3n) is 2.95. The number of hydrogen-bond donors (Lipinski definition) is 1. The molecule has 1 N–H and O–H groups in total. The second-order valence-electron chi connectivity index (χ2n) is 4.36. The maximum absolute atomic E-state index is 13.0. The van der Waals surface area contributed by atoms with Gasteiger partial charge in [0.2, 0.25) is 0 Å².